The maximum Gasteiger partial charge on any atom is 0.0351 e. The Labute approximate surface area is 109 Å². The molecule has 1 fully saturated rings. The van der Waals surface area contributed by atoms with E-state index in [-0.39, 0.29) is 0 Å². The number of nitrogens with one attached hydrogen (secondary N) is 1. The smallest absolute Gasteiger partial charge is 0.0351 e. The highest BCUT2D eigenvalue weighted by Crippen LogP contribution is 2.28. The predicted molar refractivity (Wildman–Crippen MR) is 77.8 cm³/mol. The van der Waals surface area contributed by atoms with Crippen LogP contribution in [-0.2, 0) is 0 Å². The molecule has 0 unspecified atom stereocenters. The van der Waals surface area contributed by atoms with Gasteiger partial charge in [0.15, 0.2) is 0 Å². The minimum Gasteiger partial charge on any atom is -0.385 e. The van der Waals surface area contributed by atoms with Crippen LogP contribution in [0.1, 0.15) is 32.6 Å². The lowest BCUT2D eigenvalue weighted by Gasteiger charge is -2.26. The Morgan fingerprint density at radius 3 is 2.71 bits per heavy atom. The van der Waals surface area contributed by atoms with Gasteiger partial charge in [-0.05, 0) is 49.1 Å². The zero-order chi connectivity index (χ0) is 12.1. The molecule has 0 heterocycles. The summed E-state index contributed by atoms with van der Waals surface area (Å²) in [6, 6.07) is 8.72. The van der Waals surface area contributed by atoms with E-state index < -0.39 is 0 Å². The summed E-state index contributed by atoms with van der Waals surface area (Å²) in [5.74, 6) is 1.83. The van der Waals surface area contributed by atoms with Crippen molar-refractivity contribution in [3.63, 3.8) is 0 Å². The molecule has 1 N–H and O–H groups in total. The summed E-state index contributed by atoms with van der Waals surface area (Å²) < 4.78 is 0. The van der Waals surface area contributed by atoms with E-state index in [0.717, 1.165) is 18.4 Å². The number of thioether (sulfide) groups is 1. The average molecular weight is 249 g/mol. The quantitative estimate of drug-likeness (QED) is 0.780. The number of benzene rings is 1. The molecule has 2 rings (SSSR count). The van der Waals surface area contributed by atoms with Crippen molar-refractivity contribution in [2.24, 2.45) is 11.8 Å². The van der Waals surface area contributed by atoms with Gasteiger partial charge in [-0.15, -0.1) is 11.8 Å². The molecule has 1 aromatic carbocycles. The van der Waals surface area contributed by atoms with Crippen LogP contribution in [0.25, 0.3) is 0 Å². The Hall–Kier alpha value is -0.630. The second-order valence-corrected chi connectivity index (χ2v) is 6.12. The van der Waals surface area contributed by atoms with Crippen molar-refractivity contribution in [2.75, 3.05) is 18.1 Å². The van der Waals surface area contributed by atoms with Crippen LogP contribution in [0.15, 0.2) is 29.2 Å². The molecule has 94 valence electrons. The normalized spacial score (nSPS) is 24.6. The van der Waals surface area contributed by atoms with E-state index in [0.29, 0.717) is 0 Å². The van der Waals surface area contributed by atoms with E-state index in [1.807, 2.05) is 0 Å². The third kappa shape index (κ3) is 3.95. The van der Waals surface area contributed by atoms with E-state index in [9.17, 15) is 0 Å². The molecular weight excluding hydrogens is 226 g/mol. The molecule has 0 spiro atoms. The Morgan fingerprint density at radius 2 is 2.00 bits per heavy atom. The number of hydrogen-bond acceptors (Lipinski definition) is 2. The third-order valence-electron chi connectivity index (χ3n) is 3.80. The van der Waals surface area contributed by atoms with Crippen molar-refractivity contribution in [1.29, 1.82) is 0 Å². The molecule has 0 saturated heterocycles. The van der Waals surface area contributed by atoms with Gasteiger partial charge in [0.05, 0.1) is 0 Å². The van der Waals surface area contributed by atoms with Gasteiger partial charge in [-0.3, -0.25) is 0 Å². The fraction of sp³-hybridized carbons (Fsp3) is 0.600. The van der Waals surface area contributed by atoms with Crippen molar-refractivity contribution in [1.82, 2.24) is 0 Å². The average Bonchev–Trinajstić information content (AvgIpc) is 2.38. The SMILES string of the molecule is CSc1cccc(NCC2CCC(C)CC2)c1. The van der Waals surface area contributed by atoms with Crippen LogP contribution in [-0.4, -0.2) is 12.8 Å². The van der Waals surface area contributed by atoms with Crippen molar-refractivity contribution in [3.8, 4) is 0 Å². The minimum atomic E-state index is 0.879. The van der Waals surface area contributed by atoms with E-state index in [1.165, 1.54) is 36.3 Å². The Bertz CT molecular complexity index is 343. The molecule has 0 aromatic heterocycles. The zero-order valence-corrected chi connectivity index (χ0v) is 11.7. The Balaban J connectivity index is 1.81. The summed E-state index contributed by atoms with van der Waals surface area (Å²) in [7, 11) is 0. The molecule has 1 aromatic rings. The molecule has 0 amide bonds. The molecule has 2 heteroatoms. The van der Waals surface area contributed by atoms with Crippen molar-refractivity contribution >= 4 is 17.4 Å². The number of rotatable bonds is 4. The van der Waals surface area contributed by atoms with Gasteiger partial charge < -0.3 is 5.32 Å². The summed E-state index contributed by atoms with van der Waals surface area (Å²) in [6.45, 7) is 3.52. The van der Waals surface area contributed by atoms with Gasteiger partial charge in [0.2, 0.25) is 0 Å². The lowest BCUT2D eigenvalue weighted by molar-refractivity contribution is 0.300. The lowest BCUT2D eigenvalue weighted by atomic mass is 9.83. The van der Waals surface area contributed by atoms with Crippen LogP contribution in [0.2, 0.25) is 0 Å². The summed E-state index contributed by atoms with van der Waals surface area (Å²) in [5, 5.41) is 3.59. The molecule has 0 bridgehead atoms. The van der Waals surface area contributed by atoms with Crippen molar-refractivity contribution < 1.29 is 0 Å². The molecule has 0 radical (unpaired) electrons. The maximum atomic E-state index is 3.59. The van der Waals surface area contributed by atoms with Gasteiger partial charge in [0.1, 0.15) is 0 Å². The molecule has 1 aliphatic carbocycles. The molecule has 0 atom stereocenters. The molecule has 1 nitrogen and oxygen atoms in total. The highest BCUT2D eigenvalue weighted by molar-refractivity contribution is 7.98. The first-order valence-corrected chi connectivity index (χ1v) is 7.88. The van der Waals surface area contributed by atoms with E-state index >= 15 is 0 Å². The second-order valence-electron chi connectivity index (χ2n) is 5.24. The van der Waals surface area contributed by atoms with Gasteiger partial charge in [0, 0.05) is 17.1 Å². The fourth-order valence-corrected chi connectivity index (χ4v) is 2.99. The molecular formula is C15H23NS. The van der Waals surface area contributed by atoms with Crippen LogP contribution in [0, 0.1) is 11.8 Å². The predicted octanol–water partition coefficient (Wildman–Crippen LogP) is 4.65. The first kappa shape index (κ1) is 12.8. The van der Waals surface area contributed by atoms with Crippen molar-refractivity contribution in [2.45, 2.75) is 37.5 Å². The van der Waals surface area contributed by atoms with Crippen LogP contribution >= 0.6 is 11.8 Å². The first-order valence-electron chi connectivity index (χ1n) is 6.66. The standard InChI is InChI=1S/C15H23NS/c1-12-6-8-13(9-7-12)11-16-14-4-3-5-15(10-14)17-2/h3-5,10,12-13,16H,6-9,11H2,1-2H3. The zero-order valence-electron chi connectivity index (χ0n) is 10.9. The van der Waals surface area contributed by atoms with E-state index in [1.54, 1.807) is 11.8 Å². The molecule has 0 aliphatic heterocycles. The van der Waals surface area contributed by atoms with Gasteiger partial charge >= 0.3 is 0 Å². The van der Waals surface area contributed by atoms with Gasteiger partial charge in [-0.2, -0.15) is 0 Å². The first-order chi connectivity index (χ1) is 8.28. The second kappa shape index (κ2) is 6.34. The van der Waals surface area contributed by atoms with Crippen LogP contribution in [0.4, 0.5) is 5.69 Å². The van der Waals surface area contributed by atoms with Gasteiger partial charge in [-0.25, -0.2) is 0 Å². The number of hydrogen-bond donors (Lipinski definition) is 1. The van der Waals surface area contributed by atoms with Crippen LogP contribution in [0.5, 0.6) is 0 Å². The summed E-state index contributed by atoms with van der Waals surface area (Å²) in [4.78, 5) is 1.34. The maximum absolute atomic E-state index is 3.59. The third-order valence-corrected chi connectivity index (χ3v) is 4.53. The Kier molecular flexibility index (Phi) is 4.78. The Morgan fingerprint density at radius 1 is 1.24 bits per heavy atom. The van der Waals surface area contributed by atoms with Gasteiger partial charge in [0.25, 0.3) is 0 Å². The highest BCUT2D eigenvalue weighted by Gasteiger charge is 2.17. The highest BCUT2D eigenvalue weighted by atomic mass is 32.2. The topological polar surface area (TPSA) is 12.0 Å². The molecule has 1 aliphatic rings. The van der Waals surface area contributed by atoms with E-state index in [2.05, 4.69) is 42.8 Å². The lowest BCUT2D eigenvalue weighted by Crippen LogP contribution is -2.20. The fourth-order valence-electron chi connectivity index (χ4n) is 2.53. The molecule has 1 saturated carbocycles. The monoisotopic (exact) mass is 249 g/mol. The minimum absolute atomic E-state index is 0.879. The van der Waals surface area contributed by atoms with Gasteiger partial charge in [-0.1, -0.05) is 25.8 Å². The summed E-state index contributed by atoms with van der Waals surface area (Å²) in [6.07, 6.45) is 7.75. The molecule has 17 heavy (non-hydrogen) atoms. The number of anilines is 1. The van der Waals surface area contributed by atoms with Crippen LogP contribution in [0.3, 0.4) is 0 Å². The largest absolute Gasteiger partial charge is 0.385 e. The van der Waals surface area contributed by atoms with Crippen LogP contribution < -0.4 is 5.32 Å². The summed E-state index contributed by atoms with van der Waals surface area (Å²) in [5.41, 5.74) is 1.27. The van der Waals surface area contributed by atoms with Crippen molar-refractivity contribution in [3.05, 3.63) is 24.3 Å². The summed E-state index contributed by atoms with van der Waals surface area (Å²) >= 11 is 1.80. The van der Waals surface area contributed by atoms with E-state index in [4.69, 9.17) is 0 Å².